The Labute approximate surface area is 105 Å². The molecule has 17 heavy (non-hydrogen) atoms. The summed E-state index contributed by atoms with van der Waals surface area (Å²) < 4.78 is 0. The van der Waals surface area contributed by atoms with E-state index in [2.05, 4.69) is 9.97 Å². The van der Waals surface area contributed by atoms with Crippen molar-refractivity contribution in [2.45, 2.75) is 0 Å². The standard InChI is InChI=1S/C10H15ClN4O2/c1-14(2)3-4-15(7-10(16)17)9-6-12-5-8(11)13-9/h5-6H,3-4,7H2,1-2H3,(H,16,17). The number of aliphatic carboxylic acids is 1. The molecule has 0 aliphatic rings. The van der Waals surface area contributed by atoms with Crippen LogP contribution in [0.3, 0.4) is 0 Å². The van der Waals surface area contributed by atoms with Crippen molar-refractivity contribution in [1.82, 2.24) is 14.9 Å². The molecule has 6 nitrogen and oxygen atoms in total. The van der Waals surface area contributed by atoms with E-state index in [1.54, 1.807) is 4.90 Å². The molecule has 0 aliphatic carbocycles. The van der Waals surface area contributed by atoms with E-state index in [0.717, 1.165) is 6.54 Å². The zero-order valence-electron chi connectivity index (χ0n) is 9.80. The van der Waals surface area contributed by atoms with Crippen LogP contribution >= 0.6 is 11.6 Å². The molecule has 7 heteroatoms. The van der Waals surface area contributed by atoms with Gasteiger partial charge in [0.1, 0.15) is 17.5 Å². The monoisotopic (exact) mass is 258 g/mol. The van der Waals surface area contributed by atoms with Gasteiger partial charge in [-0.05, 0) is 14.1 Å². The average molecular weight is 259 g/mol. The number of halogens is 1. The minimum Gasteiger partial charge on any atom is -0.480 e. The number of likely N-dealkylation sites (N-methyl/N-ethyl adjacent to an activating group) is 1. The lowest BCUT2D eigenvalue weighted by atomic mass is 10.4. The second-order valence-corrected chi connectivity index (χ2v) is 4.21. The summed E-state index contributed by atoms with van der Waals surface area (Å²) in [6, 6.07) is 0. The third kappa shape index (κ3) is 4.97. The molecule has 0 radical (unpaired) electrons. The van der Waals surface area contributed by atoms with E-state index in [1.807, 2.05) is 19.0 Å². The summed E-state index contributed by atoms with van der Waals surface area (Å²) >= 11 is 5.73. The number of carbonyl (C=O) groups is 1. The predicted octanol–water partition coefficient (Wildman–Crippen LogP) is 0.583. The zero-order valence-corrected chi connectivity index (χ0v) is 10.6. The number of anilines is 1. The molecule has 0 atom stereocenters. The van der Waals surface area contributed by atoms with E-state index in [4.69, 9.17) is 16.7 Å². The van der Waals surface area contributed by atoms with Crippen LogP contribution in [-0.2, 0) is 4.79 Å². The van der Waals surface area contributed by atoms with Gasteiger partial charge in [0, 0.05) is 13.1 Å². The van der Waals surface area contributed by atoms with E-state index < -0.39 is 5.97 Å². The van der Waals surface area contributed by atoms with Crippen molar-refractivity contribution in [3.05, 3.63) is 17.5 Å². The summed E-state index contributed by atoms with van der Waals surface area (Å²) in [5.74, 6) is -0.438. The fourth-order valence-electron chi connectivity index (χ4n) is 1.24. The van der Waals surface area contributed by atoms with Gasteiger partial charge in [0.05, 0.1) is 12.4 Å². The Kier molecular flexibility index (Phi) is 5.11. The van der Waals surface area contributed by atoms with Crippen LogP contribution in [-0.4, -0.2) is 59.7 Å². The molecular weight excluding hydrogens is 244 g/mol. The quantitative estimate of drug-likeness (QED) is 0.805. The number of carboxylic acid groups (broad SMARTS) is 1. The highest BCUT2D eigenvalue weighted by molar-refractivity contribution is 6.29. The molecule has 1 aromatic rings. The van der Waals surface area contributed by atoms with Crippen LogP contribution < -0.4 is 4.90 Å². The highest BCUT2D eigenvalue weighted by Gasteiger charge is 2.12. The highest BCUT2D eigenvalue weighted by Crippen LogP contribution is 2.12. The molecule has 0 fully saturated rings. The fourth-order valence-corrected chi connectivity index (χ4v) is 1.39. The summed E-state index contributed by atoms with van der Waals surface area (Å²) in [4.78, 5) is 22.3. The van der Waals surface area contributed by atoms with Crippen LogP contribution in [0.5, 0.6) is 0 Å². The van der Waals surface area contributed by atoms with E-state index in [-0.39, 0.29) is 11.7 Å². The van der Waals surface area contributed by atoms with Gasteiger partial charge in [0.2, 0.25) is 0 Å². The molecule has 0 saturated heterocycles. The molecule has 0 spiro atoms. The number of hydrogen-bond acceptors (Lipinski definition) is 5. The van der Waals surface area contributed by atoms with Gasteiger partial charge in [-0.1, -0.05) is 11.6 Å². The van der Waals surface area contributed by atoms with E-state index >= 15 is 0 Å². The molecule has 0 amide bonds. The summed E-state index contributed by atoms with van der Waals surface area (Å²) in [6.07, 6.45) is 2.92. The largest absolute Gasteiger partial charge is 0.480 e. The van der Waals surface area contributed by atoms with E-state index in [1.165, 1.54) is 12.4 Å². The van der Waals surface area contributed by atoms with Crippen molar-refractivity contribution >= 4 is 23.4 Å². The zero-order chi connectivity index (χ0) is 12.8. The van der Waals surface area contributed by atoms with Gasteiger partial charge in [-0.2, -0.15) is 0 Å². The summed E-state index contributed by atoms with van der Waals surface area (Å²) in [6.45, 7) is 1.15. The number of aromatic nitrogens is 2. The summed E-state index contributed by atoms with van der Waals surface area (Å²) in [5.41, 5.74) is 0. The molecule has 0 aromatic carbocycles. The van der Waals surface area contributed by atoms with Crippen molar-refractivity contribution in [2.24, 2.45) is 0 Å². The molecule has 1 rings (SSSR count). The van der Waals surface area contributed by atoms with Gasteiger partial charge >= 0.3 is 5.97 Å². The Bertz CT molecular complexity index is 386. The van der Waals surface area contributed by atoms with Gasteiger partial charge in [-0.3, -0.25) is 9.78 Å². The first kappa shape index (κ1) is 13.7. The van der Waals surface area contributed by atoms with Crippen LogP contribution in [0.15, 0.2) is 12.4 Å². The van der Waals surface area contributed by atoms with Crippen molar-refractivity contribution in [3.8, 4) is 0 Å². The predicted molar refractivity (Wildman–Crippen MR) is 65.4 cm³/mol. The first-order chi connectivity index (χ1) is 7.99. The Hall–Kier alpha value is -1.40. The Morgan fingerprint density at radius 2 is 2.12 bits per heavy atom. The second kappa shape index (κ2) is 6.36. The maximum absolute atomic E-state index is 10.8. The third-order valence-corrected chi connectivity index (χ3v) is 2.24. The number of carboxylic acids is 1. The van der Waals surface area contributed by atoms with Crippen LogP contribution in [0.25, 0.3) is 0 Å². The van der Waals surface area contributed by atoms with Crippen LogP contribution in [0.4, 0.5) is 5.82 Å². The molecule has 1 aromatic heterocycles. The SMILES string of the molecule is CN(C)CCN(CC(=O)O)c1cncc(Cl)n1. The minimum absolute atomic E-state index is 0.122. The molecular formula is C10H15ClN4O2. The first-order valence-electron chi connectivity index (χ1n) is 5.08. The van der Waals surface area contributed by atoms with E-state index in [0.29, 0.717) is 12.4 Å². The van der Waals surface area contributed by atoms with Crippen molar-refractivity contribution in [1.29, 1.82) is 0 Å². The Balaban J connectivity index is 2.78. The number of rotatable bonds is 6. The van der Waals surface area contributed by atoms with Gasteiger partial charge in [0.15, 0.2) is 0 Å². The van der Waals surface area contributed by atoms with Crippen molar-refractivity contribution in [2.75, 3.05) is 38.6 Å². The number of nitrogens with zero attached hydrogens (tertiary/aromatic N) is 4. The molecule has 1 heterocycles. The van der Waals surface area contributed by atoms with Crippen molar-refractivity contribution in [3.63, 3.8) is 0 Å². The van der Waals surface area contributed by atoms with Gasteiger partial charge in [-0.25, -0.2) is 4.98 Å². The van der Waals surface area contributed by atoms with Gasteiger partial charge in [-0.15, -0.1) is 0 Å². The summed E-state index contributed by atoms with van der Waals surface area (Å²) in [7, 11) is 3.84. The third-order valence-electron chi connectivity index (χ3n) is 2.06. The Morgan fingerprint density at radius 3 is 2.65 bits per heavy atom. The smallest absolute Gasteiger partial charge is 0.323 e. The molecule has 0 aliphatic heterocycles. The fraction of sp³-hybridized carbons (Fsp3) is 0.500. The first-order valence-corrected chi connectivity index (χ1v) is 5.46. The lowest BCUT2D eigenvalue weighted by molar-refractivity contribution is -0.135. The van der Waals surface area contributed by atoms with Crippen LogP contribution in [0.1, 0.15) is 0 Å². The highest BCUT2D eigenvalue weighted by atomic mass is 35.5. The maximum Gasteiger partial charge on any atom is 0.323 e. The molecule has 1 N–H and O–H groups in total. The molecule has 94 valence electrons. The lowest BCUT2D eigenvalue weighted by Crippen LogP contribution is -2.36. The molecule has 0 bridgehead atoms. The lowest BCUT2D eigenvalue weighted by Gasteiger charge is -2.23. The average Bonchev–Trinajstić information content (AvgIpc) is 2.23. The molecule has 0 saturated carbocycles. The summed E-state index contributed by atoms with van der Waals surface area (Å²) in [5, 5.41) is 9.10. The van der Waals surface area contributed by atoms with Gasteiger partial charge < -0.3 is 14.9 Å². The van der Waals surface area contributed by atoms with Crippen molar-refractivity contribution < 1.29 is 9.90 Å². The van der Waals surface area contributed by atoms with E-state index in [9.17, 15) is 4.79 Å². The Morgan fingerprint density at radius 1 is 1.41 bits per heavy atom. The number of hydrogen-bond donors (Lipinski definition) is 1. The minimum atomic E-state index is -0.912. The topological polar surface area (TPSA) is 69.6 Å². The normalized spacial score (nSPS) is 10.6. The maximum atomic E-state index is 10.8. The van der Waals surface area contributed by atoms with Crippen LogP contribution in [0.2, 0.25) is 5.15 Å². The van der Waals surface area contributed by atoms with Gasteiger partial charge in [0.25, 0.3) is 0 Å². The van der Waals surface area contributed by atoms with Crippen LogP contribution in [0, 0.1) is 0 Å². The second-order valence-electron chi connectivity index (χ2n) is 3.82. The molecule has 0 unspecified atom stereocenters.